The summed E-state index contributed by atoms with van der Waals surface area (Å²) in [6.45, 7) is 1.28. The molecule has 118 valence electrons. The van der Waals surface area contributed by atoms with Crippen molar-refractivity contribution in [2.24, 2.45) is 11.7 Å². The molecule has 2 unspecified atom stereocenters. The largest absolute Gasteiger partial charge is 0.327 e. The molecule has 0 aromatic heterocycles. The van der Waals surface area contributed by atoms with Crippen LogP contribution in [0.15, 0.2) is 35.2 Å². The van der Waals surface area contributed by atoms with E-state index >= 15 is 0 Å². The maximum atomic E-state index is 11.6. The molecule has 1 aliphatic rings. The molecule has 0 spiro atoms. The summed E-state index contributed by atoms with van der Waals surface area (Å²) >= 11 is 1.77. The molecule has 4 nitrogen and oxygen atoms in total. The zero-order valence-electron chi connectivity index (χ0n) is 12.4. The molecule has 6 heteroatoms. The van der Waals surface area contributed by atoms with E-state index in [-0.39, 0.29) is 6.04 Å². The Bertz CT molecular complexity index is 534. The van der Waals surface area contributed by atoms with Crippen LogP contribution in [0.5, 0.6) is 0 Å². The summed E-state index contributed by atoms with van der Waals surface area (Å²) in [6.07, 6.45) is 4.21. The van der Waals surface area contributed by atoms with Crippen molar-refractivity contribution in [3.05, 3.63) is 30.3 Å². The third-order valence-corrected chi connectivity index (χ3v) is 6.26. The maximum Gasteiger partial charge on any atom is 0.211 e. The van der Waals surface area contributed by atoms with Crippen LogP contribution in [0.3, 0.4) is 0 Å². The molecule has 1 aliphatic heterocycles. The lowest BCUT2D eigenvalue weighted by Crippen LogP contribution is -2.41. The Balaban J connectivity index is 1.78. The van der Waals surface area contributed by atoms with Gasteiger partial charge in [-0.15, -0.1) is 11.8 Å². The summed E-state index contributed by atoms with van der Waals surface area (Å²) in [7, 11) is -3.06. The monoisotopic (exact) mass is 328 g/mol. The molecule has 1 aromatic rings. The van der Waals surface area contributed by atoms with Gasteiger partial charge in [-0.25, -0.2) is 12.7 Å². The molecule has 0 bridgehead atoms. The molecule has 0 aliphatic carbocycles. The van der Waals surface area contributed by atoms with Crippen molar-refractivity contribution in [1.82, 2.24) is 4.31 Å². The first-order chi connectivity index (χ1) is 9.95. The lowest BCUT2D eigenvalue weighted by molar-refractivity contribution is 0.250. The van der Waals surface area contributed by atoms with Gasteiger partial charge in [0.2, 0.25) is 10.0 Å². The second kappa shape index (κ2) is 7.63. The molecular formula is C15H24N2O2S2. The van der Waals surface area contributed by atoms with E-state index in [1.165, 1.54) is 11.2 Å². The molecule has 1 saturated heterocycles. The van der Waals surface area contributed by atoms with E-state index < -0.39 is 10.0 Å². The summed E-state index contributed by atoms with van der Waals surface area (Å²) in [5.74, 6) is 1.26. The first-order valence-electron chi connectivity index (χ1n) is 7.33. The molecule has 1 aromatic carbocycles. The minimum Gasteiger partial charge on any atom is -0.327 e. The highest BCUT2D eigenvalue weighted by Gasteiger charge is 2.26. The first-order valence-corrected chi connectivity index (χ1v) is 10.2. The Labute approximate surface area is 132 Å². The zero-order valence-corrected chi connectivity index (χ0v) is 14.1. The minimum atomic E-state index is -3.06. The summed E-state index contributed by atoms with van der Waals surface area (Å²) in [5.41, 5.74) is 6.22. The fourth-order valence-electron chi connectivity index (χ4n) is 2.74. The molecule has 0 saturated carbocycles. The Hall–Kier alpha value is -0.560. The maximum absolute atomic E-state index is 11.6. The highest BCUT2D eigenvalue weighted by Crippen LogP contribution is 2.25. The second-order valence-electron chi connectivity index (χ2n) is 5.75. The number of thioether (sulfide) groups is 1. The van der Waals surface area contributed by atoms with Gasteiger partial charge in [0.25, 0.3) is 0 Å². The minimum absolute atomic E-state index is 0.111. The summed E-state index contributed by atoms with van der Waals surface area (Å²) in [4.78, 5) is 1.23. The first kappa shape index (κ1) is 16.8. The number of nitrogens with two attached hydrogens (primary N) is 1. The number of nitrogens with zero attached hydrogens (tertiary/aromatic N) is 1. The molecule has 0 radical (unpaired) electrons. The fourth-order valence-corrected chi connectivity index (χ4v) is 4.57. The van der Waals surface area contributed by atoms with Crippen LogP contribution < -0.4 is 5.73 Å². The van der Waals surface area contributed by atoms with Crippen molar-refractivity contribution in [3.63, 3.8) is 0 Å². The summed E-state index contributed by atoms with van der Waals surface area (Å²) in [6, 6.07) is 10.3. The van der Waals surface area contributed by atoms with Crippen LogP contribution in [0.1, 0.15) is 19.3 Å². The Morgan fingerprint density at radius 2 is 2.10 bits per heavy atom. The quantitative estimate of drug-likeness (QED) is 0.813. The van der Waals surface area contributed by atoms with E-state index in [0.29, 0.717) is 19.0 Å². The Kier molecular flexibility index (Phi) is 6.10. The number of hydrogen-bond donors (Lipinski definition) is 1. The standard InChI is InChI=1S/C15H24N2O2S2/c1-21(18,19)17-9-5-6-13(11-17)10-14(16)12-20-15-7-3-2-4-8-15/h2-4,7-8,13-14H,5-6,9-12,16H2,1H3. The molecule has 0 amide bonds. The average Bonchev–Trinajstić information content (AvgIpc) is 2.46. The van der Waals surface area contributed by atoms with Crippen molar-refractivity contribution < 1.29 is 8.42 Å². The van der Waals surface area contributed by atoms with Crippen LogP contribution in [0.4, 0.5) is 0 Å². The van der Waals surface area contributed by atoms with Crippen molar-refractivity contribution in [2.75, 3.05) is 25.1 Å². The van der Waals surface area contributed by atoms with Gasteiger partial charge in [0.1, 0.15) is 0 Å². The van der Waals surface area contributed by atoms with E-state index in [1.807, 2.05) is 18.2 Å². The SMILES string of the molecule is CS(=O)(=O)N1CCCC(CC(N)CSc2ccccc2)C1. The van der Waals surface area contributed by atoms with Gasteiger partial charge in [-0.2, -0.15) is 0 Å². The van der Waals surface area contributed by atoms with Crippen molar-refractivity contribution in [1.29, 1.82) is 0 Å². The molecule has 2 N–H and O–H groups in total. The predicted molar refractivity (Wildman–Crippen MR) is 88.9 cm³/mol. The average molecular weight is 329 g/mol. The van der Waals surface area contributed by atoms with Crippen molar-refractivity contribution in [3.8, 4) is 0 Å². The second-order valence-corrected chi connectivity index (χ2v) is 8.82. The summed E-state index contributed by atoms with van der Waals surface area (Å²) < 4.78 is 24.8. The van der Waals surface area contributed by atoms with E-state index in [0.717, 1.165) is 25.0 Å². The molecule has 2 atom stereocenters. The van der Waals surface area contributed by atoms with Gasteiger partial charge in [-0.1, -0.05) is 18.2 Å². The predicted octanol–water partition coefficient (Wildman–Crippen LogP) is 2.17. The Morgan fingerprint density at radius 1 is 1.38 bits per heavy atom. The van der Waals surface area contributed by atoms with Crippen LogP contribution in [-0.4, -0.2) is 43.9 Å². The van der Waals surface area contributed by atoms with Crippen molar-refractivity contribution in [2.45, 2.75) is 30.2 Å². The molecule has 1 fully saturated rings. The third kappa shape index (κ3) is 5.62. The van der Waals surface area contributed by atoms with Gasteiger partial charge in [0, 0.05) is 29.8 Å². The zero-order chi connectivity index (χ0) is 15.3. The van der Waals surface area contributed by atoms with Crippen LogP contribution >= 0.6 is 11.8 Å². The number of benzene rings is 1. The van der Waals surface area contributed by atoms with E-state index in [2.05, 4.69) is 12.1 Å². The summed E-state index contributed by atoms with van der Waals surface area (Å²) in [5, 5.41) is 0. The van der Waals surface area contributed by atoms with Gasteiger partial charge < -0.3 is 5.73 Å². The van der Waals surface area contributed by atoms with Gasteiger partial charge >= 0.3 is 0 Å². The molecular weight excluding hydrogens is 304 g/mol. The lowest BCUT2D eigenvalue weighted by atomic mass is 9.93. The molecule has 21 heavy (non-hydrogen) atoms. The van der Waals surface area contributed by atoms with Crippen LogP contribution in [0.25, 0.3) is 0 Å². The van der Waals surface area contributed by atoms with Crippen molar-refractivity contribution >= 4 is 21.8 Å². The number of piperidine rings is 1. The molecule has 2 rings (SSSR count). The lowest BCUT2D eigenvalue weighted by Gasteiger charge is -2.32. The third-order valence-electron chi connectivity index (χ3n) is 3.79. The highest BCUT2D eigenvalue weighted by molar-refractivity contribution is 7.99. The fraction of sp³-hybridized carbons (Fsp3) is 0.600. The topological polar surface area (TPSA) is 63.4 Å². The molecule has 1 heterocycles. The number of sulfonamides is 1. The smallest absolute Gasteiger partial charge is 0.211 e. The van der Waals surface area contributed by atoms with Crippen LogP contribution in [0.2, 0.25) is 0 Å². The van der Waals surface area contributed by atoms with Gasteiger partial charge in [0.15, 0.2) is 0 Å². The van der Waals surface area contributed by atoms with E-state index in [4.69, 9.17) is 5.73 Å². The number of hydrogen-bond acceptors (Lipinski definition) is 4. The Morgan fingerprint density at radius 3 is 2.76 bits per heavy atom. The highest BCUT2D eigenvalue weighted by atomic mass is 32.2. The van der Waals surface area contributed by atoms with Gasteiger partial charge in [-0.05, 0) is 37.3 Å². The van der Waals surface area contributed by atoms with Gasteiger partial charge in [0.05, 0.1) is 6.26 Å². The normalized spacial score (nSPS) is 22.1. The van der Waals surface area contributed by atoms with Gasteiger partial charge in [-0.3, -0.25) is 0 Å². The number of rotatable bonds is 6. The van der Waals surface area contributed by atoms with E-state index in [1.54, 1.807) is 16.1 Å². The van der Waals surface area contributed by atoms with E-state index in [9.17, 15) is 8.42 Å². The van der Waals surface area contributed by atoms with Crippen LogP contribution in [0, 0.1) is 5.92 Å². The van der Waals surface area contributed by atoms with Crippen LogP contribution in [-0.2, 0) is 10.0 Å².